The highest BCUT2D eigenvalue weighted by atomic mass is 16.5. The molecule has 0 saturated heterocycles. The van der Waals surface area contributed by atoms with Gasteiger partial charge in [-0.2, -0.15) is 5.10 Å². The third-order valence-corrected chi connectivity index (χ3v) is 3.01. The van der Waals surface area contributed by atoms with Crippen molar-refractivity contribution in [2.75, 3.05) is 33.8 Å². The summed E-state index contributed by atoms with van der Waals surface area (Å²) in [6.07, 6.45) is 1.72. The molecule has 0 aliphatic rings. The van der Waals surface area contributed by atoms with E-state index in [-0.39, 0.29) is 5.97 Å². The number of nitrogens with zero attached hydrogens (tertiary/aromatic N) is 3. The van der Waals surface area contributed by atoms with Crippen LogP contribution in [-0.2, 0) is 16.6 Å². The van der Waals surface area contributed by atoms with E-state index in [1.54, 1.807) is 10.9 Å². The first kappa shape index (κ1) is 15.7. The Morgan fingerprint density at radius 3 is 2.74 bits per heavy atom. The van der Waals surface area contributed by atoms with Gasteiger partial charge in [0.25, 0.3) is 0 Å². The van der Waals surface area contributed by atoms with Crippen LogP contribution in [0.2, 0.25) is 0 Å². The number of nitrogens with one attached hydrogen (secondary N) is 1. The largest absolute Gasteiger partial charge is 0.465 e. The summed E-state index contributed by atoms with van der Waals surface area (Å²) in [6.45, 7) is 5.71. The van der Waals surface area contributed by atoms with Crippen molar-refractivity contribution < 1.29 is 9.53 Å². The molecule has 1 aromatic rings. The summed E-state index contributed by atoms with van der Waals surface area (Å²) < 4.78 is 6.89. The minimum atomic E-state index is -0.450. The van der Waals surface area contributed by atoms with Gasteiger partial charge >= 0.3 is 5.97 Å². The van der Waals surface area contributed by atoms with Crippen molar-refractivity contribution in [1.82, 2.24) is 20.0 Å². The average molecular weight is 268 g/mol. The maximum Gasteiger partial charge on any atom is 0.327 e. The van der Waals surface area contributed by atoms with Gasteiger partial charge in [0.2, 0.25) is 0 Å². The molecule has 1 unspecified atom stereocenters. The number of carbonyl (C=O) groups is 1. The number of aryl methyl sites for hydroxylation is 1. The maximum absolute atomic E-state index is 12.0. The second-order valence-corrected chi connectivity index (χ2v) is 4.75. The SMILES string of the molecule is CCOC(=O)C(NCCN(C)C)c1cnn(C)c1C. The van der Waals surface area contributed by atoms with Crippen LogP contribution in [0.5, 0.6) is 0 Å². The second kappa shape index (κ2) is 7.25. The van der Waals surface area contributed by atoms with Crippen LogP contribution < -0.4 is 5.32 Å². The van der Waals surface area contributed by atoms with Crippen LogP contribution in [0.4, 0.5) is 0 Å². The fourth-order valence-corrected chi connectivity index (χ4v) is 1.78. The molecule has 0 aliphatic heterocycles. The van der Waals surface area contributed by atoms with Crippen molar-refractivity contribution in [3.05, 3.63) is 17.5 Å². The van der Waals surface area contributed by atoms with Gasteiger partial charge in [0.05, 0.1) is 12.8 Å². The molecule has 6 heteroatoms. The molecule has 0 fully saturated rings. The van der Waals surface area contributed by atoms with Crippen molar-refractivity contribution in [1.29, 1.82) is 0 Å². The summed E-state index contributed by atoms with van der Waals surface area (Å²) in [6, 6.07) is -0.450. The van der Waals surface area contributed by atoms with Crippen LogP contribution in [-0.4, -0.2) is 54.4 Å². The number of hydrogen-bond donors (Lipinski definition) is 1. The van der Waals surface area contributed by atoms with E-state index in [0.29, 0.717) is 13.2 Å². The number of aromatic nitrogens is 2. The lowest BCUT2D eigenvalue weighted by Crippen LogP contribution is -2.35. The van der Waals surface area contributed by atoms with Crippen LogP contribution in [0.3, 0.4) is 0 Å². The normalized spacial score (nSPS) is 12.7. The first-order valence-corrected chi connectivity index (χ1v) is 6.50. The predicted molar refractivity (Wildman–Crippen MR) is 73.9 cm³/mol. The van der Waals surface area contributed by atoms with Gasteiger partial charge in [-0.25, -0.2) is 4.79 Å². The molecule has 108 valence electrons. The number of carbonyl (C=O) groups excluding carboxylic acids is 1. The molecule has 0 aromatic carbocycles. The van der Waals surface area contributed by atoms with Crippen molar-refractivity contribution in [3.63, 3.8) is 0 Å². The highest BCUT2D eigenvalue weighted by Gasteiger charge is 2.24. The van der Waals surface area contributed by atoms with Crippen molar-refractivity contribution in [2.24, 2.45) is 7.05 Å². The van der Waals surface area contributed by atoms with Crippen molar-refractivity contribution >= 4 is 5.97 Å². The third-order valence-electron chi connectivity index (χ3n) is 3.01. The van der Waals surface area contributed by atoms with E-state index in [1.165, 1.54) is 0 Å². The number of esters is 1. The summed E-state index contributed by atoms with van der Waals surface area (Å²) in [4.78, 5) is 14.1. The second-order valence-electron chi connectivity index (χ2n) is 4.75. The molecule has 0 spiro atoms. The zero-order valence-electron chi connectivity index (χ0n) is 12.4. The molecule has 19 heavy (non-hydrogen) atoms. The lowest BCUT2D eigenvalue weighted by Gasteiger charge is -2.18. The molecule has 1 aromatic heterocycles. The summed E-state index contributed by atoms with van der Waals surface area (Å²) in [5.41, 5.74) is 1.84. The monoisotopic (exact) mass is 268 g/mol. The number of likely N-dealkylation sites (N-methyl/N-ethyl adjacent to an activating group) is 1. The Labute approximate surface area is 114 Å². The van der Waals surface area contributed by atoms with Gasteiger partial charge in [-0.15, -0.1) is 0 Å². The van der Waals surface area contributed by atoms with Gasteiger partial charge in [0.1, 0.15) is 6.04 Å². The molecule has 1 heterocycles. The number of ether oxygens (including phenoxy) is 1. The lowest BCUT2D eigenvalue weighted by atomic mass is 10.1. The third kappa shape index (κ3) is 4.33. The Morgan fingerprint density at radius 2 is 2.26 bits per heavy atom. The molecule has 1 N–H and O–H groups in total. The van der Waals surface area contributed by atoms with Gasteiger partial charge in [-0.3, -0.25) is 10.00 Å². The Morgan fingerprint density at radius 1 is 1.58 bits per heavy atom. The highest BCUT2D eigenvalue weighted by Crippen LogP contribution is 2.18. The molecule has 1 rings (SSSR count). The van der Waals surface area contributed by atoms with E-state index in [9.17, 15) is 4.79 Å². The van der Waals surface area contributed by atoms with Crippen LogP contribution in [0.25, 0.3) is 0 Å². The molecule has 0 saturated carbocycles. The fourth-order valence-electron chi connectivity index (χ4n) is 1.78. The summed E-state index contributed by atoms with van der Waals surface area (Å²) in [7, 11) is 5.85. The van der Waals surface area contributed by atoms with E-state index in [2.05, 4.69) is 15.3 Å². The Hall–Kier alpha value is -1.40. The zero-order valence-corrected chi connectivity index (χ0v) is 12.4. The van der Waals surface area contributed by atoms with E-state index < -0.39 is 6.04 Å². The van der Waals surface area contributed by atoms with Gasteiger partial charge in [-0.1, -0.05) is 0 Å². The zero-order chi connectivity index (χ0) is 14.4. The molecule has 1 atom stereocenters. The van der Waals surface area contributed by atoms with Crippen molar-refractivity contribution in [2.45, 2.75) is 19.9 Å². The molecule has 0 bridgehead atoms. The first-order valence-electron chi connectivity index (χ1n) is 6.50. The van der Waals surface area contributed by atoms with E-state index in [4.69, 9.17) is 4.74 Å². The van der Waals surface area contributed by atoms with Gasteiger partial charge < -0.3 is 9.64 Å². The van der Waals surface area contributed by atoms with Crippen LogP contribution in [0, 0.1) is 6.92 Å². The van der Waals surface area contributed by atoms with Gasteiger partial charge in [-0.05, 0) is 27.9 Å². The van der Waals surface area contributed by atoms with Gasteiger partial charge in [0, 0.05) is 31.4 Å². The number of rotatable bonds is 7. The minimum absolute atomic E-state index is 0.252. The van der Waals surface area contributed by atoms with Gasteiger partial charge in [0.15, 0.2) is 0 Å². The smallest absolute Gasteiger partial charge is 0.327 e. The van der Waals surface area contributed by atoms with Crippen molar-refractivity contribution in [3.8, 4) is 0 Å². The molecule has 0 aliphatic carbocycles. The fraction of sp³-hybridized carbons (Fsp3) is 0.692. The standard InChI is InChI=1S/C13H24N4O2/c1-6-19-13(18)12(14-7-8-16(3)4)11-9-15-17(5)10(11)2/h9,12,14H,6-8H2,1-5H3. The highest BCUT2D eigenvalue weighted by molar-refractivity contribution is 5.77. The van der Waals surface area contributed by atoms with E-state index in [1.807, 2.05) is 35.0 Å². The summed E-state index contributed by atoms with van der Waals surface area (Å²) in [5.74, 6) is -0.252. The predicted octanol–water partition coefficient (Wildman–Crippen LogP) is 0.484. The molecular formula is C13H24N4O2. The van der Waals surface area contributed by atoms with E-state index in [0.717, 1.165) is 17.8 Å². The summed E-state index contributed by atoms with van der Waals surface area (Å²) in [5, 5.41) is 7.42. The quantitative estimate of drug-likeness (QED) is 0.729. The van der Waals surface area contributed by atoms with Crippen LogP contribution in [0.1, 0.15) is 24.2 Å². The Balaban J connectivity index is 2.80. The lowest BCUT2D eigenvalue weighted by molar-refractivity contribution is -0.145. The molecule has 0 radical (unpaired) electrons. The Kier molecular flexibility index (Phi) is 5.98. The first-order chi connectivity index (χ1) is 8.97. The molecular weight excluding hydrogens is 244 g/mol. The number of hydrogen-bond acceptors (Lipinski definition) is 5. The average Bonchev–Trinajstić information content (AvgIpc) is 2.66. The van der Waals surface area contributed by atoms with Crippen LogP contribution >= 0.6 is 0 Å². The Bertz CT molecular complexity index is 415. The maximum atomic E-state index is 12.0. The van der Waals surface area contributed by atoms with E-state index >= 15 is 0 Å². The molecule has 6 nitrogen and oxygen atoms in total. The minimum Gasteiger partial charge on any atom is -0.465 e. The molecule has 0 amide bonds. The van der Waals surface area contributed by atoms with Crippen LogP contribution in [0.15, 0.2) is 6.20 Å². The summed E-state index contributed by atoms with van der Waals surface area (Å²) >= 11 is 0. The topological polar surface area (TPSA) is 59.4 Å².